The first-order valence-electron chi connectivity index (χ1n) is 7.25. The minimum absolute atomic E-state index is 0.0856. The molecule has 1 aromatic carbocycles. The number of hydrogen-bond donors (Lipinski definition) is 0. The van der Waals surface area contributed by atoms with Crippen LogP contribution in [0.4, 0.5) is 0 Å². The van der Waals surface area contributed by atoms with E-state index in [1.54, 1.807) is 5.31 Å². The molecule has 0 saturated heterocycles. The third-order valence-corrected chi connectivity index (χ3v) is 6.23. The first-order chi connectivity index (χ1) is 8.85. The molecule has 1 heteroatoms. The zero-order chi connectivity index (χ0) is 12.8. The third-order valence-electron chi connectivity index (χ3n) is 3.53. The molecule has 0 aromatic heterocycles. The second kappa shape index (κ2) is 7.10. The van der Waals surface area contributed by atoms with Crippen LogP contribution >= 0.6 is 7.92 Å². The molecule has 0 atom stereocenters. The number of allylic oxidation sites excluding steroid dienone is 1. The average Bonchev–Trinajstić information content (AvgIpc) is 2.82. The Morgan fingerprint density at radius 2 is 1.50 bits per heavy atom. The largest absolute Gasteiger partial charge is 0.0790 e. The molecule has 0 amide bonds. The molecule has 0 heterocycles. The molecular weight excluding hydrogens is 235 g/mol. The quantitative estimate of drug-likeness (QED) is 0.553. The van der Waals surface area contributed by atoms with Gasteiger partial charge in [0.15, 0.2) is 0 Å². The molecule has 1 aliphatic rings. The molecule has 0 unspecified atom stereocenters. The fourth-order valence-electron chi connectivity index (χ4n) is 2.38. The molecule has 18 heavy (non-hydrogen) atoms. The van der Waals surface area contributed by atoms with Crippen molar-refractivity contribution in [1.29, 1.82) is 0 Å². The van der Waals surface area contributed by atoms with E-state index in [1.165, 1.54) is 49.1 Å². The third kappa shape index (κ3) is 3.45. The van der Waals surface area contributed by atoms with Gasteiger partial charge in [-0.15, -0.1) is 0 Å². The standard InChI is InChI=1S/C17H24P/c1-3-5-11-18(12-6-4-2)17-13-15-9-7-8-10-16(15)14-17/h7-10,13-14H,3-6,11-12H2,1-2H3. The maximum absolute atomic E-state index is 2.44. The summed E-state index contributed by atoms with van der Waals surface area (Å²) in [5.74, 6) is 0. The van der Waals surface area contributed by atoms with Crippen molar-refractivity contribution in [2.75, 3.05) is 12.3 Å². The lowest BCUT2D eigenvalue weighted by Crippen LogP contribution is -1.93. The highest BCUT2D eigenvalue weighted by atomic mass is 31.1. The highest BCUT2D eigenvalue weighted by Crippen LogP contribution is 2.52. The predicted molar refractivity (Wildman–Crippen MR) is 84.3 cm³/mol. The second-order valence-corrected chi connectivity index (χ2v) is 7.53. The van der Waals surface area contributed by atoms with E-state index in [0.717, 1.165) is 0 Å². The number of benzene rings is 1. The van der Waals surface area contributed by atoms with E-state index in [1.807, 2.05) is 0 Å². The van der Waals surface area contributed by atoms with Gasteiger partial charge in [-0.05, 0) is 41.6 Å². The number of unbranched alkanes of at least 4 members (excludes halogenated alkanes) is 2. The lowest BCUT2D eigenvalue weighted by atomic mass is 10.1. The number of hydrogen-bond acceptors (Lipinski definition) is 0. The van der Waals surface area contributed by atoms with Crippen LogP contribution < -0.4 is 0 Å². The Bertz CT molecular complexity index is 398. The van der Waals surface area contributed by atoms with Crippen LogP contribution in [0.5, 0.6) is 0 Å². The van der Waals surface area contributed by atoms with Crippen LogP contribution in [0.3, 0.4) is 0 Å². The van der Waals surface area contributed by atoms with E-state index in [2.05, 4.69) is 50.6 Å². The first-order valence-corrected chi connectivity index (χ1v) is 8.96. The van der Waals surface area contributed by atoms with E-state index in [9.17, 15) is 0 Å². The van der Waals surface area contributed by atoms with Crippen LogP contribution in [0.2, 0.25) is 0 Å². The predicted octanol–water partition coefficient (Wildman–Crippen LogP) is 5.68. The van der Waals surface area contributed by atoms with Crippen LogP contribution in [0.15, 0.2) is 29.6 Å². The Labute approximate surface area is 113 Å². The van der Waals surface area contributed by atoms with Gasteiger partial charge < -0.3 is 0 Å². The van der Waals surface area contributed by atoms with Crippen molar-refractivity contribution in [2.24, 2.45) is 0 Å². The summed E-state index contributed by atoms with van der Waals surface area (Å²) >= 11 is 0. The SMILES string of the molecule is CCCCP(CCCC)C1=Cc2ccccc2[CH]1. The molecule has 2 rings (SSSR count). The van der Waals surface area contributed by atoms with Crippen molar-refractivity contribution in [3.63, 3.8) is 0 Å². The van der Waals surface area contributed by atoms with E-state index in [4.69, 9.17) is 0 Å². The van der Waals surface area contributed by atoms with E-state index in [0.29, 0.717) is 0 Å². The van der Waals surface area contributed by atoms with E-state index in [-0.39, 0.29) is 7.92 Å². The van der Waals surface area contributed by atoms with Gasteiger partial charge in [0.05, 0.1) is 0 Å². The Hall–Kier alpha value is -0.610. The van der Waals surface area contributed by atoms with Crippen molar-refractivity contribution in [3.05, 3.63) is 47.1 Å². The Kier molecular flexibility index (Phi) is 5.45. The smallest absolute Gasteiger partial charge is 0.0210 e. The number of rotatable bonds is 7. The summed E-state index contributed by atoms with van der Waals surface area (Å²) in [5, 5.41) is 1.63. The average molecular weight is 259 g/mol. The fourth-order valence-corrected chi connectivity index (χ4v) is 5.16. The van der Waals surface area contributed by atoms with Gasteiger partial charge in [0.1, 0.15) is 0 Å². The van der Waals surface area contributed by atoms with Gasteiger partial charge in [-0.25, -0.2) is 0 Å². The minimum Gasteiger partial charge on any atom is -0.0790 e. The van der Waals surface area contributed by atoms with Crippen LogP contribution in [-0.2, 0) is 0 Å². The summed E-state index contributed by atoms with van der Waals surface area (Å²) < 4.78 is 0. The van der Waals surface area contributed by atoms with Crippen LogP contribution in [0.1, 0.15) is 50.7 Å². The van der Waals surface area contributed by atoms with Gasteiger partial charge in [-0.3, -0.25) is 0 Å². The molecule has 0 fully saturated rings. The summed E-state index contributed by atoms with van der Waals surface area (Å²) in [7, 11) is 0.0856. The van der Waals surface area contributed by atoms with Crippen molar-refractivity contribution in [3.8, 4) is 0 Å². The number of fused-ring (bicyclic) bond motifs is 1. The lowest BCUT2D eigenvalue weighted by molar-refractivity contribution is 0.869. The van der Waals surface area contributed by atoms with E-state index < -0.39 is 0 Å². The van der Waals surface area contributed by atoms with Gasteiger partial charge in [0.2, 0.25) is 0 Å². The molecule has 0 N–H and O–H groups in total. The van der Waals surface area contributed by atoms with Crippen LogP contribution in [0, 0.1) is 6.42 Å². The molecule has 0 aliphatic heterocycles. The maximum Gasteiger partial charge on any atom is 0.0210 e. The van der Waals surface area contributed by atoms with Gasteiger partial charge in [0.25, 0.3) is 0 Å². The molecular formula is C17H24P. The van der Waals surface area contributed by atoms with Crippen molar-refractivity contribution in [2.45, 2.75) is 39.5 Å². The van der Waals surface area contributed by atoms with E-state index >= 15 is 0 Å². The molecule has 0 spiro atoms. The molecule has 0 bridgehead atoms. The molecule has 0 saturated carbocycles. The fraction of sp³-hybridized carbons (Fsp3) is 0.471. The van der Waals surface area contributed by atoms with Crippen molar-refractivity contribution < 1.29 is 0 Å². The first kappa shape index (κ1) is 13.8. The Morgan fingerprint density at radius 3 is 2.06 bits per heavy atom. The van der Waals surface area contributed by atoms with Gasteiger partial charge in [-0.2, -0.15) is 0 Å². The molecule has 1 aromatic rings. The van der Waals surface area contributed by atoms with Crippen LogP contribution in [-0.4, -0.2) is 12.3 Å². The lowest BCUT2D eigenvalue weighted by Gasteiger charge is -2.18. The molecule has 97 valence electrons. The highest BCUT2D eigenvalue weighted by molar-refractivity contribution is 7.62. The zero-order valence-electron chi connectivity index (χ0n) is 11.7. The summed E-state index contributed by atoms with van der Waals surface area (Å²) in [6.07, 6.45) is 13.1. The van der Waals surface area contributed by atoms with Crippen molar-refractivity contribution in [1.82, 2.24) is 0 Å². The summed E-state index contributed by atoms with van der Waals surface area (Å²) in [6, 6.07) is 8.77. The van der Waals surface area contributed by atoms with Crippen molar-refractivity contribution >= 4 is 14.0 Å². The molecule has 1 radical (unpaired) electrons. The van der Waals surface area contributed by atoms with Gasteiger partial charge >= 0.3 is 0 Å². The monoisotopic (exact) mass is 259 g/mol. The zero-order valence-corrected chi connectivity index (χ0v) is 12.5. The summed E-state index contributed by atoms with van der Waals surface area (Å²) in [6.45, 7) is 4.60. The topological polar surface area (TPSA) is 0 Å². The van der Waals surface area contributed by atoms with Gasteiger partial charge in [-0.1, -0.05) is 65.0 Å². The normalized spacial score (nSPS) is 13.8. The van der Waals surface area contributed by atoms with Gasteiger partial charge in [0, 0.05) is 6.42 Å². The highest BCUT2D eigenvalue weighted by Gasteiger charge is 2.19. The second-order valence-electron chi connectivity index (χ2n) is 5.04. The van der Waals surface area contributed by atoms with Crippen LogP contribution in [0.25, 0.3) is 6.08 Å². The Balaban J connectivity index is 2.04. The minimum atomic E-state index is 0.0856. The Morgan fingerprint density at radius 1 is 0.889 bits per heavy atom. The molecule has 0 nitrogen and oxygen atoms in total. The summed E-state index contributed by atoms with van der Waals surface area (Å²) in [5.41, 5.74) is 2.85. The maximum atomic E-state index is 2.44. The molecule has 1 aliphatic carbocycles. The summed E-state index contributed by atoms with van der Waals surface area (Å²) in [4.78, 5) is 0.